The highest BCUT2D eigenvalue weighted by Crippen LogP contribution is 2.26. The molecule has 3 heterocycles. The van der Waals surface area contributed by atoms with Gasteiger partial charge in [0.15, 0.2) is 5.96 Å². The summed E-state index contributed by atoms with van der Waals surface area (Å²) in [6, 6.07) is 0.285. The van der Waals surface area contributed by atoms with Crippen LogP contribution in [0, 0.1) is 6.92 Å². The second-order valence-electron chi connectivity index (χ2n) is 6.09. The molecule has 2 aliphatic heterocycles. The molecule has 1 aromatic heterocycles. The van der Waals surface area contributed by atoms with Crippen molar-refractivity contribution in [1.29, 1.82) is 0 Å². The van der Waals surface area contributed by atoms with Gasteiger partial charge in [-0.25, -0.2) is 9.67 Å². The summed E-state index contributed by atoms with van der Waals surface area (Å²) in [4.78, 5) is 8.69. The van der Waals surface area contributed by atoms with E-state index in [2.05, 4.69) is 25.7 Å². The van der Waals surface area contributed by atoms with Crippen molar-refractivity contribution in [3.63, 3.8) is 0 Å². The number of aromatic nitrogens is 3. The Morgan fingerprint density at radius 1 is 1.59 bits per heavy atom. The number of hydrogen-bond acceptors (Lipinski definition) is 5. The van der Waals surface area contributed by atoms with Gasteiger partial charge in [-0.05, 0) is 25.5 Å². The van der Waals surface area contributed by atoms with Gasteiger partial charge >= 0.3 is 0 Å². The molecule has 0 bridgehead atoms. The predicted molar refractivity (Wildman–Crippen MR) is 88.3 cm³/mol. The van der Waals surface area contributed by atoms with Gasteiger partial charge < -0.3 is 15.7 Å². The van der Waals surface area contributed by atoms with Crippen LogP contribution in [0.15, 0.2) is 4.99 Å². The molecule has 8 heteroatoms. The topological polar surface area (TPSA) is 87.4 Å². The Labute approximate surface area is 135 Å². The molecule has 2 unspecified atom stereocenters. The molecule has 0 aliphatic carbocycles. The maximum atomic E-state index is 10.4. The van der Waals surface area contributed by atoms with Crippen LogP contribution in [0.4, 0.5) is 0 Å². The van der Waals surface area contributed by atoms with E-state index >= 15 is 0 Å². The maximum absolute atomic E-state index is 10.4. The van der Waals surface area contributed by atoms with E-state index < -0.39 is 5.60 Å². The number of fused-ring (bicyclic) bond motifs is 1. The van der Waals surface area contributed by atoms with E-state index in [0.717, 1.165) is 54.9 Å². The lowest BCUT2D eigenvalue weighted by atomic mass is 10.0. The molecule has 7 nitrogen and oxygen atoms in total. The molecule has 0 spiro atoms. The molecule has 22 heavy (non-hydrogen) atoms. The van der Waals surface area contributed by atoms with Crippen molar-refractivity contribution in [2.75, 3.05) is 25.1 Å². The van der Waals surface area contributed by atoms with E-state index in [1.54, 1.807) is 18.8 Å². The predicted octanol–water partition coefficient (Wildman–Crippen LogP) is -0.0657. The zero-order valence-electron chi connectivity index (χ0n) is 13.2. The number of thioether (sulfide) groups is 1. The summed E-state index contributed by atoms with van der Waals surface area (Å²) < 4.78 is 1.98. The monoisotopic (exact) mass is 324 g/mol. The summed E-state index contributed by atoms with van der Waals surface area (Å²) in [5.41, 5.74) is -0.606. The number of nitrogens with zero attached hydrogens (tertiary/aromatic N) is 4. The van der Waals surface area contributed by atoms with Crippen LogP contribution in [0.2, 0.25) is 0 Å². The van der Waals surface area contributed by atoms with E-state index in [1.165, 1.54) is 0 Å². The first-order chi connectivity index (χ1) is 10.6. The number of rotatable bonds is 3. The largest absolute Gasteiger partial charge is 0.387 e. The minimum Gasteiger partial charge on any atom is -0.387 e. The van der Waals surface area contributed by atoms with Crippen molar-refractivity contribution in [3.8, 4) is 0 Å². The highest BCUT2D eigenvalue weighted by atomic mass is 32.2. The average molecular weight is 324 g/mol. The lowest BCUT2D eigenvalue weighted by Crippen LogP contribution is -2.51. The van der Waals surface area contributed by atoms with E-state index in [4.69, 9.17) is 0 Å². The Balaban J connectivity index is 1.53. The lowest BCUT2D eigenvalue weighted by Gasteiger charge is -2.27. The summed E-state index contributed by atoms with van der Waals surface area (Å²) in [6.45, 7) is 3.27. The molecule has 2 atom stereocenters. The molecule has 1 fully saturated rings. The fourth-order valence-corrected chi connectivity index (χ4v) is 4.22. The number of hydrogen-bond donors (Lipinski definition) is 3. The third kappa shape index (κ3) is 3.55. The minimum atomic E-state index is -0.606. The summed E-state index contributed by atoms with van der Waals surface area (Å²) >= 11 is 1.80. The van der Waals surface area contributed by atoms with E-state index in [1.807, 2.05) is 11.6 Å². The Morgan fingerprint density at radius 2 is 2.45 bits per heavy atom. The number of guanidine groups is 1. The van der Waals surface area contributed by atoms with Crippen LogP contribution >= 0.6 is 11.8 Å². The van der Waals surface area contributed by atoms with Gasteiger partial charge in [0, 0.05) is 31.8 Å². The van der Waals surface area contributed by atoms with E-state index in [0.29, 0.717) is 6.54 Å². The van der Waals surface area contributed by atoms with Crippen LogP contribution in [0.5, 0.6) is 0 Å². The third-order valence-electron chi connectivity index (χ3n) is 4.20. The molecule has 0 aromatic carbocycles. The number of aryl methyl sites for hydroxylation is 2. The van der Waals surface area contributed by atoms with Crippen molar-refractivity contribution >= 4 is 17.7 Å². The van der Waals surface area contributed by atoms with Gasteiger partial charge in [0.2, 0.25) is 0 Å². The first-order valence-electron chi connectivity index (χ1n) is 7.76. The first kappa shape index (κ1) is 15.6. The van der Waals surface area contributed by atoms with Crippen molar-refractivity contribution in [2.24, 2.45) is 4.99 Å². The molecule has 122 valence electrons. The standard InChI is InChI=1S/C14H24N6OS/c1-10-17-12-4-3-11(7-20(12)19-10)18-13(15-2)16-8-14(21)5-6-22-9-14/h11,21H,3-9H2,1-2H3,(H2,15,16,18). The summed E-state index contributed by atoms with van der Waals surface area (Å²) in [5.74, 6) is 4.47. The van der Waals surface area contributed by atoms with Crippen LogP contribution in [0.1, 0.15) is 24.5 Å². The number of aliphatic hydroxyl groups is 1. The molecule has 0 radical (unpaired) electrons. The summed E-state index contributed by atoms with van der Waals surface area (Å²) in [5, 5.41) is 21.5. The Morgan fingerprint density at radius 3 is 3.18 bits per heavy atom. The fraction of sp³-hybridized carbons (Fsp3) is 0.786. The Hall–Kier alpha value is -1.28. The molecule has 0 amide bonds. The molecule has 0 saturated carbocycles. The van der Waals surface area contributed by atoms with E-state index in [-0.39, 0.29) is 6.04 Å². The first-order valence-corrected chi connectivity index (χ1v) is 8.91. The molecule has 1 saturated heterocycles. The molecule has 3 N–H and O–H groups in total. The van der Waals surface area contributed by atoms with Crippen molar-refractivity contribution in [2.45, 2.75) is 44.4 Å². The van der Waals surface area contributed by atoms with Crippen LogP contribution in [-0.4, -0.2) is 62.6 Å². The lowest BCUT2D eigenvalue weighted by molar-refractivity contribution is 0.0723. The molecular formula is C14H24N6OS. The van der Waals surface area contributed by atoms with Gasteiger partial charge in [-0.2, -0.15) is 16.9 Å². The zero-order chi connectivity index (χ0) is 15.6. The minimum absolute atomic E-state index is 0.285. The number of aliphatic imine (C=N–C) groups is 1. The fourth-order valence-electron chi connectivity index (χ4n) is 2.92. The van der Waals surface area contributed by atoms with Gasteiger partial charge in [0.25, 0.3) is 0 Å². The quantitative estimate of drug-likeness (QED) is 0.533. The summed E-state index contributed by atoms with van der Waals surface area (Å²) in [7, 11) is 1.76. The third-order valence-corrected chi connectivity index (χ3v) is 5.43. The second-order valence-corrected chi connectivity index (χ2v) is 7.20. The zero-order valence-corrected chi connectivity index (χ0v) is 14.0. The highest BCUT2D eigenvalue weighted by Gasteiger charge is 2.32. The van der Waals surface area contributed by atoms with Crippen LogP contribution in [-0.2, 0) is 13.0 Å². The maximum Gasteiger partial charge on any atom is 0.191 e. The molecule has 2 aliphatic rings. The summed E-state index contributed by atoms with van der Waals surface area (Å²) in [6.07, 6.45) is 2.78. The molecular weight excluding hydrogens is 300 g/mol. The van der Waals surface area contributed by atoms with Gasteiger partial charge in [0.05, 0.1) is 12.1 Å². The second kappa shape index (κ2) is 6.45. The SMILES string of the molecule is CN=C(NCC1(O)CCSC1)NC1CCc2nc(C)nn2C1. The van der Waals surface area contributed by atoms with Gasteiger partial charge in [0.1, 0.15) is 11.6 Å². The van der Waals surface area contributed by atoms with Gasteiger partial charge in [-0.3, -0.25) is 4.99 Å². The van der Waals surface area contributed by atoms with Crippen LogP contribution in [0.3, 0.4) is 0 Å². The van der Waals surface area contributed by atoms with Crippen LogP contribution in [0.25, 0.3) is 0 Å². The van der Waals surface area contributed by atoms with Gasteiger partial charge in [-0.1, -0.05) is 0 Å². The average Bonchev–Trinajstić information content (AvgIpc) is 3.08. The van der Waals surface area contributed by atoms with Crippen LogP contribution < -0.4 is 10.6 Å². The Bertz CT molecular complexity index is 552. The van der Waals surface area contributed by atoms with E-state index in [9.17, 15) is 5.11 Å². The van der Waals surface area contributed by atoms with Crippen molar-refractivity contribution < 1.29 is 5.11 Å². The Kier molecular flexibility index (Phi) is 4.58. The number of nitrogens with one attached hydrogen (secondary N) is 2. The van der Waals surface area contributed by atoms with Crippen molar-refractivity contribution in [1.82, 2.24) is 25.4 Å². The smallest absolute Gasteiger partial charge is 0.191 e. The molecule has 1 aromatic rings. The van der Waals surface area contributed by atoms with Gasteiger partial charge in [-0.15, -0.1) is 0 Å². The highest BCUT2D eigenvalue weighted by molar-refractivity contribution is 7.99. The van der Waals surface area contributed by atoms with Crippen molar-refractivity contribution in [3.05, 3.63) is 11.6 Å². The normalized spacial score (nSPS) is 28.5. The molecule has 3 rings (SSSR count).